The molecule has 3 nitrogen and oxygen atoms in total. The van der Waals surface area contributed by atoms with Crippen molar-refractivity contribution in [3.8, 4) is 0 Å². The molecule has 0 aromatic carbocycles. The molecule has 0 bridgehead atoms. The largest absolute Gasteiger partial charge is 0.431 e. The molecule has 0 heterocycles. The van der Waals surface area contributed by atoms with Crippen LogP contribution in [0.1, 0.15) is 13.8 Å². The van der Waals surface area contributed by atoms with Crippen molar-refractivity contribution in [1.82, 2.24) is 0 Å². The molecule has 0 atom stereocenters. The second-order valence-electron chi connectivity index (χ2n) is 2.07. The highest BCUT2D eigenvalue weighted by Gasteiger charge is 2.15. The molecule has 0 radical (unpaired) electrons. The summed E-state index contributed by atoms with van der Waals surface area (Å²) >= 11 is 0. The molecule has 0 aromatic heterocycles. The zero-order valence-corrected chi connectivity index (χ0v) is 5.55. The van der Waals surface area contributed by atoms with Crippen molar-refractivity contribution < 1.29 is 14.6 Å². The Morgan fingerprint density at radius 2 is 2.22 bits per heavy atom. The Morgan fingerprint density at radius 3 is 2.33 bits per heavy atom. The Labute approximate surface area is 53.9 Å². The van der Waals surface area contributed by atoms with Gasteiger partial charge in [-0.3, -0.25) is 0 Å². The van der Waals surface area contributed by atoms with Crippen LogP contribution in [-0.4, -0.2) is 16.9 Å². The first-order valence-electron chi connectivity index (χ1n) is 2.53. The SMILES string of the molecule is C=CC(=O)OC(C)(C)O. The summed E-state index contributed by atoms with van der Waals surface area (Å²) in [7, 11) is 0. The van der Waals surface area contributed by atoms with Crippen LogP contribution in [0.25, 0.3) is 0 Å². The van der Waals surface area contributed by atoms with Crippen LogP contribution in [-0.2, 0) is 9.53 Å². The van der Waals surface area contributed by atoms with Crippen molar-refractivity contribution >= 4 is 5.97 Å². The lowest BCUT2D eigenvalue weighted by Gasteiger charge is -2.15. The Hall–Kier alpha value is -0.830. The average Bonchev–Trinajstić information content (AvgIpc) is 1.62. The first-order valence-corrected chi connectivity index (χ1v) is 2.53. The van der Waals surface area contributed by atoms with Crippen molar-refractivity contribution in [2.75, 3.05) is 0 Å². The van der Waals surface area contributed by atoms with Gasteiger partial charge < -0.3 is 9.84 Å². The number of carbonyl (C=O) groups is 1. The molecule has 0 amide bonds. The van der Waals surface area contributed by atoms with Gasteiger partial charge in [-0.25, -0.2) is 4.79 Å². The number of ether oxygens (including phenoxy) is 1. The second-order valence-corrected chi connectivity index (χ2v) is 2.07. The Kier molecular flexibility index (Phi) is 2.40. The van der Waals surface area contributed by atoms with Gasteiger partial charge in [0, 0.05) is 19.9 Å². The van der Waals surface area contributed by atoms with Crippen molar-refractivity contribution in [2.24, 2.45) is 0 Å². The molecular weight excluding hydrogens is 120 g/mol. The normalized spacial score (nSPS) is 10.6. The van der Waals surface area contributed by atoms with Gasteiger partial charge >= 0.3 is 5.97 Å². The highest BCUT2D eigenvalue weighted by Crippen LogP contribution is 2.02. The molecular formula is C6H10O3. The van der Waals surface area contributed by atoms with Gasteiger partial charge in [-0.05, 0) is 0 Å². The summed E-state index contributed by atoms with van der Waals surface area (Å²) in [5.74, 6) is -2.02. The number of rotatable bonds is 2. The lowest BCUT2D eigenvalue weighted by molar-refractivity contribution is -0.189. The molecule has 3 heteroatoms. The molecule has 1 N–H and O–H groups in total. The number of carbonyl (C=O) groups excluding carboxylic acids is 1. The lowest BCUT2D eigenvalue weighted by atomic mass is 10.4. The van der Waals surface area contributed by atoms with E-state index in [-0.39, 0.29) is 0 Å². The molecule has 0 aromatic rings. The molecule has 0 spiro atoms. The lowest BCUT2D eigenvalue weighted by Crippen LogP contribution is -2.25. The zero-order valence-electron chi connectivity index (χ0n) is 5.55. The van der Waals surface area contributed by atoms with E-state index in [0.29, 0.717) is 0 Å². The molecule has 0 saturated heterocycles. The van der Waals surface area contributed by atoms with Gasteiger partial charge in [-0.2, -0.15) is 0 Å². The summed E-state index contributed by atoms with van der Waals surface area (Å²) in [5, 5.41) is 8.83. The highest BCUT2D eigenvalue weighted by atomic mass is 16.7. The summed E-state index contributed by atoms with van der Waals surface area (Å²) < 4.78 is 4.39. The molecule has 0 aliphatic rings. The van der Waals surface area contributed by atoms with E-state index in [4.69, 9.17) is 5.11 Å². The number of esters is 1. The van der Waals surface area contributed by atoms with E-state index >= 15 is 0 Å². The number of hydrogen-bond donors (Lipinski definition) is 1. The molecule has 0 rings (SSSR count). The highest BCUT2D eigenvalue weighted by molar-refractivity contribution is 5.81. The number of hydrogen-bond acceptors (Lipinski definition) is 3. The van der Waals surface area contributed by atoms with Crippen molar-refractivity contribution in [2.45, 2.75) is 19.6 Å². The summed E-state index contributed by atoms with van der Waals surface area (Å²) in [6.45, 7) is 5.90. The van der Waals surface area contributed by atoms with E-state index in [1.807, 2.05) is 0 Å². The topological polar surface area (TPSA) is 46.5 Å². The third-order valence-corrected chi connectivity index (χ3v) is 0.517. The first-order chi connectivity index (χ1) is 3.95. The third kappa shape index (κ3) is 5.03. The monoisotopic (exact) mass is 130 g/mol. The number of aliphatic hydroxyl groups is 1. The zero-order chi connectivity index (χ0) is 7.49. The van der Waals surface area contributed by atoms with Crippen LogP contribution in [0.5, 0.6) is 0 Å². The maximum atomic E-state index is 10.3. The van der Waals surface area contributed by atoms with Gasteiger partial charge in [-0.15, -0.1) is 0 Å². The van der Waals surface area contributed by atoms with Crippen LogP contribution in [0.4, 0.5) is 0 Å². The molecule has 9 heavy (non-hydrogen) atoms. The second kappa shape index (κ2) is 2.64. The quantitative estimate of drug-likeness (QED) is 0.335. The van der Waals surface area contributed by atoms with E-state index in [9.17, 15) is 4.79 Å². The van der Waals surface area contributed by atoms with Crippen LogP contribution in [0.2, 0.25) is 0 Å². The standard InChI is InChI=1S/C6H10O3/c1-4-5(7)9-6(2,3)8/h4,8H,1H2,2-3H3. The Morgan fingerprint density at radius 1 is 1.78 bits per heavy atom. The molecule has 0 aliphatic heterocycles. The van der Waals surface area contributed by atoms with Crippen LogP contribution in [0, 0.1) is 0 Å². The predicted molar refractivity (Wildman–Crippen MR) is 32.6 cm³/mol. The minimum absolute atomic E-state index is 0.623. The van der Waals surface area contributed by atoms with Gasteiger partial charge in [0.1, 0.15) is 0 Å². The molecule has 0 fully saturated rings. The fourth-order valence-electron chi connectivity index (χ4n) is 0.288. The van der Waals surface area contributed by atoms with Crippen molar-refractivity contribution in [1.29, 1.82) is 0 Å². The van der Waals surface area contributed by atoms with E-state index in [2.05, 4.69) is 11.3 Å². The summed E-state index contributed by atoms with van der Waals surface area (Å²) in [4.78, 5) is 10.3. The summed E-state index contributed by atoms with van der Waals surface area (Å²) in [6, 6.07) is 0. The predicted octanol–water partition coefficient (Wildman–Crippen LogP) is 0.444. The molecule has 0 saturated carbocycles. The van der Waals surface area contributed by atoms with E-state index in [1.165, 1.54) is 13.8 Å². The van der Waals surface area contributed by atoms with Gasteiger partial charge in [0.2, 0.25) is 5.79 Å². The smallest absolute Gasteiger partial charge is 0.332 e. The van der Waals surface area contributed by atoms with Crippen LogP contribution < -0.4 is 0 Å². The van der Waals surface area contributed by atoms with Crippen LogP contribution in [0.3, 0.4) is 0 Å². The van der Waals surface area contributed by atoms with Crippen LogP contribution in [0.15, 0.2) is 12.7 Å². The van der Waals surface area contributed by atoms with E-state index in [1.54, 1.807) is 0 Å². The fraction of sp³-hybridized carbons (Fsp3) is 0.500. The first kappa shape index (κ1) is 8.17. The van der Waals surface area contributed by atoms with Crippen molar-refractivity contribution in [3.63, 3.8) is 0 Å². The Balaban J connectivity index is 3.74. The van der Waals surface area contributed by atoms with Crippen molar-refractivity contribution in [3.05, 3.63) is 12.7 Å². The fourth-order valence-corrected chi connectivity index (χ4v) is 0.288. The summed E-state index contributed by atoms with van der Waals surface area (Å²) in [5.41, 5.74) is 0. The van der Waals surface area contributed by atoms with Gasteiger partial charge in [0.05, 0.1) is 0 Å². The van der Waals surface area contributed by atoms with Gasteiger partial charge in [-0.1, -0.05) is 6.58 Å². The summed E-state index contributed by atoms with van der Waals surface area (Å²) in [6.07, 6.45) is 0.998. The minimum atomic E-state index is -1.40. The third-order valence-electron chi connectivity index (χ3n) is 0.517. The molecule has 0 unspecified atom stereocenters. The average molecular weight is 130 g/mol. The van der Waals surface area contributed by atoms with Crippen LogP contribution >= 0.6 is 0 Å². The maximum Gasteiger partial charge on any atom is 0.332 e. The maximum absolute atomic E-state index is 10.3. The molecule has 0 aliphatic carbocycles. The van der Waals surface area contributed by atoms with E-state index in [0.717, 1.165) is 6.08 Å². The van der Waals surface area contributed by atoms with Gasteiger partial charge in [0.25, 0.3) is 0 Å². The minimum Gasteiger partial charge on any atom is -0.431 e. The van der Waals surface area contributed by atoms with E-state index < -0.39 is 11.8 Å². The van der Waals surface area contributed by atoms with Gasteiger partial charge in [0.15, 0.2) is 0 Å². The molecule has 52 valence electrons. The Bertz CT molecular complexity index is 121.